The van der Waals surface area contributed by atoms with Crippen LogP contribution in [0.2, 0.25) is 6.32 Å². The molecule has 79 valence electrons. The van der Waals surface area contributed by atoms with E-state index >= 15 is 0 Å². The fourth-order valence-corrected chi connectivity index (χ4v) is 1.78. The first kappa shape index (κ1) is 12.0. The van der Waals surface area contributed by atoms with Gasteiger partial charge in [0.05, 0.1) is 0 Å². The Kier molecular flexibility index (Phi) is 3.73. The van der Waals surface area contributed by atoms with Gasteiger partial charge in [0.25, 0.3) is 0 Å². The number of aryl methyl sites for hydroxylation is 1. The molecule has 0 aliphatic heterocycles. The van der Waals surface area contributed by atoms with Crippen molar-refractivity contribution in [2.45, 2.75) is 32.4 Å². The van der Waals surface area contributed by atoms with E-state index < -0.39 is 0 Å². The van der Waals surface area contributed by atoms with Gasteiger partial charge in [-0.05, 0) is 35.5 Å². The molecule has 0 spiro atoms. The average Bonchev–Trinajstić information content (AvgIpc) is 2.18. The molecule has 0 aliphatic rings. The second-order valence-corrected chi connectivity index (χ2v) is 4.41. The van der Waals surface area contributed by atoms with E-state index in [1.165, 1.54) is 6.07 Å². The van der Waals surface area contributed by atoms with E-state index in [-0.39, 0.29) is 11.1 Å². The largest absolute Gasteiger partial charge is 0.207 e. The van der Waals surface area contributed by atoms with Crippen molar-refractivity contribution in [3.8, 4) is 0 Å². The Morgan fingerprint density at radius 3 is 2.73 bits per heavy atom. The van der Waals surface area contributed by atoms with Crippen molar-refractivity contribution in [1.82, 2.24) is 0 Å². The van der Waals surface area contributed by atoms with Gasteiger partial charge in [0, 0.05) is 0 Å². The average molecular weight is 203 g/mol. The highest BCUT2D eigenvalue weighted by Crippen LogP contribution is 2.26. The zero-order chi connectivity index (χ0) is 11.5. The zero-order valence-electron chi connectivity index (χ0n) is 9.68. The molecule has 0 N–H and O–H groups in total. The van der Waals surface area contributed by atoms with Crippen molar-refractivity contribution in [2.75, 3.05) is 0 Å². The molecule has 15 heavy (non-hydrogen) atoms. The first-order chi connectivity index (χ1) is 6.97. The van der Waals surface area contributed by atoms with E-state index in [1.54, 1.807) is 6.07 Å². The highest BCUT2D eigenvalue weighted by Gasteiger charge is 2.22. The molecular weight excluding hydrogens is 186 g/mol. The summed E-state index contributed by atoms with van der Waals surface area (Å²) < 4.78 is 13.2. The molecule has 0 fully saturated rings. The maximum Gasteiger partial charge on any atom is 0.128 e. The van der Waals surface area contributed by atoms with Crippen LogP contribution < -0.4 is 0 Å². The number of halogens is 1. The molecular formula is C13H17BF. The summed E-state index contributed by atoms with van der Waals surface area (Å²) >= 11 is 0. The smallest absolute Gasteiger partial charge is 0.128 e. The Morgan fingerprint density at radius 1 is 1.47 bits per heavy atom. The van der Waals surface area contributed by atoms with Crippen molar-refractivity contribution >= 4 is 7.28 Å². The minimum absolute atomic E-state index is 0.111. The number of rotatable bonds is 4. The van der Waals surface area contributed by atoms with E-state index in [4.69, 9.17) is 0 Å². The van der Waals surface area contributed by atoms with Gasteiger partial charge in [0.1, 0.15) is 13.1 Å². The molecule has 1 radical (unpaired) electrons. The predicted molar refractivity (Wildman–Crippen MR) is 64.9 cm³/mol. The molecule has 0 bridgehead atoms. The summed E-state index contributed by atoms with van der Waals surface area (Å²) in [5.74, 6) is -0.171. The minimum Gasteiger partial charge on any atom is -0.207 e. The van der Waals surface area contributed by atoms with Crippen molar-refractivity contribution in [3.63, 3.8) is 0 Å². The van der Waals surface area contributed by atoms with E-state index in [2.05, 4.69) is 27.7 Å². The van der Waals surface area contributed by atoms with E-state index in [0.717, 1.165) is 17.4 Å². The van der Waals surface area contributed by atoms with E-state index in [9.17, 15) is 4.39 Å². The molecule has 2 heteroatoms. The number of hydrogen-bond donors (Lipinski definition) is 0. The second-order valence-electron chi connectivity index (χ2n) is 4.41. The topological polar surface area (TPSA) is 0 Å². The lowest BCUT2D eigenvalue weighted by Crippen LogP contribution is -2.26. The zero-order valence-corrected chi connectivity index (χ0v) is 9.68. The molecule has 0 unspecified atom stereocenters. The summed E-state index contributed by atoms with van der Waals surface area (Å²) in [5, 5.41) is -0.111. The monoisotopic (exact) mass is 203 g/mol. The summed E-state index contributed by atoms with van der Waals surface area (Å²) in [6.45, 7) is 9.90. The third kappa shape index (κ3) is 2.95. The first-order valence-electron chi connectivity index (χ1n) is 5.19. The van der Waals surface area contributed by atoms with Gasteiger partial charge in [-0.1, -0.05) is 32.3 Å². The van der Waals surface area contributed by atoms with Crippen LogP contribution in [0.5, 0.6) is 0 Å². The lowest BCUT2D eigenvalue weighted by atomic mass is 9.49. The van der Waals surface area contributed by atoms with Crippen LogP contribution in [0.1, 0.15) is 25.0 Å². The van der Waals surface area contributed by atoms with Gasteiger partial charge < -0.3 is 0 Å². The molecule has 0 amide bonds. The highest BCUT2D eigenvalue weighted by molar-refractivity contribution is 6.40. The first-order valence-corrected chi connectivity index (χ1v) is 5.19. The fraction of sp³-hybridized carbons (Fsp3) is 0.385. The molecule has 0 atom stereocenters. The Labute approximate surface area is 92.4 Å². The van der Waals surface area contributed by atoms with E-state index in [0.29, 0.717) is 0 Å². The van der Waals surface area contributed by atoms with Crippen LogP contribution in [-0.2, 0) is 5.31 Å². The van der Waals surface area contributed by atoms with Crippen LogP contribution in [0.15, 0.2) is 30.9 Å². The predicted octanol–water partition coefficient (Wildman–Crippen LogP) is 3.68. The van der Waals surface area contributed by atoms with Crippen molar-refractivity contribution in [2.24, 2.45) is 0 Å². The van der Waals surface area contributed by atoms with Gasteiger partial charge in [0.15, 0.2) is 0 Å². The van der Waals surface area contributed by atoms with Crippen LogP contribution in [0, 0.1) is 12.7 Å². The lowest BCUT2D eigenvalue weighted by molar-refractivity contribution is 0.617. The minimum atomic E-state index is -0.171. The molecule has 1 rings (SSSR count). The van der Waals surface area contributed by atoms with Gasteiger partial charge in [-0.15, -0.1) is 6.58 Å². The summed E-state index contributed by atoms with van der Waals surface area (Å²) in [6.07, 6.45) is 2.69. The number of hydrogen-bond acceptors (Lipinski definition) is 0. The summed E-state index contributed by atoms with van der Waals surface area (Å²) in [7, 11) is 2.15. The van der Waals surface area contributed by atoms with Crippen LogP contribution >= 0.6 is 0 Å². The molecule has 1 aromatic rings. The van der Waals surface area contributed by atoms with Crippen LogP contribution in [-0.4, -0.2) is 7.28 Å². The van der Waals surface area contributed by atoms with Gasteiger partial charge in [0.2, 0.25) is 0 Å². The number of benzene rings is 1. The summed E-state index contributed by atoms with van der Waals surface area (Å²) in [5.41, 5.74) is 2.17. The molecule has 0 aromatic heterocycles. The van der Waals surface area contributed by atoms with Gasteiger partial charge in [-0.2, -0.15) is 0 Å². The third-order valence-corrected chi connectivity index (χ3v) is 2.69. The quantitative estimate of drug-likeness (QED) is 0.517. The van der Waals surface area contributed by atoms with Gasteiger partial charge >= 0.3 is 0 Å². The maximum atomic E-state index is 13.2. The fourth-order valence-electron chi connectivity index (χ4n) is 1.78. The molecule has 0 saturated heterocycles. The third-order valence-electron chi connectivity index (χ3n) is 2.69. The Hall–Kier alpha value is -1.05. The van der Waals surface area contributed by atoms with Crippen LogP contribution in [0.25, 0.3) is 0 Å². The molecule has 1 aromatic carbocycles. The molecule has 0 saturated carbocycles. The lowest BCUT2D eigenvalue weighted by Gasteiger charge is -2.26. The number of allylic oxidation sites excluding steroid dienone is 1. The van der Waals surface area contributed by atoms with Gasteiger partial charge in [-0.25, -0.2) is 4.39 Å². The normalized spacial score (nSPS) is 11.2. The Balaban J connectivity index is 3.02. The van der Waals surface area contributed by atoms with Crippen molar-refractivity contribution in [1.29, 1.82) is 0 Å². The highest BCUT2D eigenvalue weighted by atomic mass is 19.1. The van der Waals surface area contributed by atoms with Crippen LogP contribution in [0.4, 0.5) is 4.39 Å². The Morgan fingerprint density at radius 2 is 2.13 bits per heavy atom. The van der Waals surface area contributed by atoms with E-state index in [1.807, 2.05) is 19.1 Å². The molecule has 0 aliphatic carbocycles. The standard InChI is InChI=1S/C13H17BF/c1-5-8-14-13(3,4)12-9-11(15)7-6-10(12)2/h5-7,9H,1,8H2,2-4H3. The van der Waals surface area contributed by atoms with Crippen LogP contribution in [0.3, 0.4) is 0 Å². The Bertz CT molecular complexity index is 356. The van der Waals surface area contributed by atoms with Gasteiger partial charge in [-0.3, -0.25) is 0 Å². The molecule has 0 heterocycles. The van der Waals surface area contributed by atoms with Crippen molar-refractivity contribution < 1.29 is 4.39 Å². The maximum absolute atomic E-state index is 13.2. The summed E-state index contributed by atoms with van der Waals surface area (Å²) in [4.78, 5) is 0. The molecule has 0 nitrogen and oxygen atoms in total. The second kappa shape index (κ2) is 4.65. The summed E-state index contributed by atoms with van der Waals surface area (Å²) in [6, 6.07) is 4.95. The SMILES string of the molecule is C=CC[B]C(C)(C)c1cc(F)ccc1C. The van der Waals surface area contributed by atoms with Crippen molar-refractivity contribution in [3.05, 3.63) is 47.8 Å².